The highest BCUT2D eigenvalue weighted by Crippen LogP contribution is 2.58. The molecule has 0 saturated heterocycles. The van der Waals surface area contributed by atoms with Gasteiger partial charge in [0, 0.05) is 12.4 Å². The highest BCUT2D eigenvalue weighted by Gasteiger charge is 2.65. The van der Waals surface area contributed by atoms with Crippen molar-refractivity contribution < 1.29 is 14.7 Å². The quantitative estimate of drug-likeness (QED) is 0.877. The van der Waals surface area contributed by atoms with E-state index >= 15 is 0 Å². The van der Waals surface area contributed by atoms with E-state index in [2.05, 4.69) is 10.3 Å². The van der Waals surface area contributed by atoms with Gasteiger partial charge in [0.15, 0.2) is 0 Å². The molecule has 5 nitrogen and oxygen atoms in total. The van der Waals surface area contributed by atoms with Crippen LogP contribution < -0.4 is 5.32 Å². The zero-order valence-corrected chi connectivity index (χ0v) is 14.6. The molecule has 1 aliphatic carbocycles. The van der Waals surface area contributed by atoms with Gasteiger partial charge in [-0.1, -0.05) is 44.2 Å². The van der Waals surface area contributed by atoms with E-state index < -0.39 is 23.2 Å². The van der Waals surface area contributed by atoms with Gasteiger partial charge < -0.3 is 10.4 Å². The molecule has 2 aromatic rings. The number of aliphatic carboxylic acids is 1. The first-order chi connectivity index (χ1) is 11.8. The number of pyridine rings is 1. The molecule has 3 rings (SSSR count). The minimum atomic E-state index is -0.904. The van der Waals surface area contributed by atoms with E-state index in [0.717, 1.165) is 16.7 Å². The second-order valence-electron chi connectivity index (χ2n) is 7.21. The number of carboxylic acid groups (broad SMARTS) is 1. The Bertz CT molecular complexity index is 784. The summed E-state index contributed by atoms with van der Waals surface area (Å²) in [6.07, 6.45) is 3.54. The maximum atomic E-state index is 12.4. The Morgan fingerprint density at radius 3 is 2.32 bits per heavy atom. The normalized spacial score (nSPS) is 22.0. The Labute approximate surface area is 147 Å². The summed E-state index contributed by atoms with van der Waals surface area (Å²) >= 11 is 0. The van der Waals surface area contributed by atoms with Crippen molar-refractivity contribution in [1.82, 2.24) is 10.3 Å². The Kier molecular flexibility index (Phi) is 4.33. The molecule has 0 bridgehead atoms. The fourth-order valence-corrected chi connectivity index (χ4v) is 3.47. The van der Waals surface area contributed by atoms with Crippen LogP contribution in [0.3, 0.4) is 0 Å². The van der Waals surface area contributed by atoms with Crippen molar-refractivity contribution in [3.05, 3.63) is 54.4 Å². The molecular weight excluding hydrogens is 316 g/mol. The summed E-state index contributed by atoms with van der Waals surface area (Å²) in [5.41, 5.74) is 2.59. The molecule has 1 unspecified atom stereocenters. The van der Waals surface area contributed by atoms with E-state index in [4.69, 9.17) is 0 Å². The number of nitrogens with zero attached hydrogens (tertiary/aromatic N) is 1. The summed E-state index contributed by atoms with van der Waals surface area (Å²) in [5, 5.41) is 12.2. The molecule has 25 heavy (non-hydrogen) atoms. The fraction of sp³-hybridized carbons (Fsp3) is 0.350. The van der Waals surface area contributed by atoms with E-state index in [9.17, 15) is 14.7 Å². The first kappa shape index (κ1) is 17.1. The predicted octanol–water partition coefficient (Wildman–Crippen LogP) is 3.28. The summed E-state index contributed by atoms with van der Waals surface area (Å²) in [7, 11) is 0. The Balaban J connectivity index is 1.67. The molecule has 130 valence electrons. The van der Waals surface area contributed by atoms with Gasteiger partial charge in [-0.05, 0) is 35.1 Å². The number of nitrogens with one attached hydrogen (secondary N) is 1. The van der Waals surface area contributed by atoms with Crippen LogP contribution in [0.25, 0.3) is 11.1 Å². The third-order valence-electron chi connectivity index (χ3n) is 5.14. The van der Waals surface area contributed by atoms with Crippen LogP contribution >= 0.6 is 0 Å². The van der Waals surface area contributed by atoms with Crippen molar-refractivity contribution in [3.8, 4) is 11.1 Å². The van der Waals surface area contributed by atoms with E-state index in [0.29, 0.717) is 0 Å². The molecule has 3 atom stereocenters. The molecule has 0 aliphatic heterocycles. The van der Waals surface area contributed by atoms with Gasteiger partial charge in [-0.2, -0.15) is 0 Å². The molecule has 1 heterocycles. The molecule has 2 N–H and O–H groups in total. The Morgan fingerprint density at radius 2 is 1.80 bits per heavy atom. The highest BCUT2D eigenvalue weighted by atomic mass is 16.4. The molecule has 1 aromatic heterocycles. The van der Waals surface area contributed by atoms with Crippen LogP contribution in [0.15, 0.2) is 48.8 Å². The number of carbonyl (C=O) groups excluding carboxylic acids is 1. The lowest BCUT2D eigenvalue weighted by Gasteiger charge is -2.15. The maximum Gasteiger partial charge on any atom is 0.307 e. The van der Waals surface area contributed by atoms with Gasteiger partial charge >= 0.3 is 5.97 Å². The Hall–Kier alpha value is -2.69. The number of carboxylic acids is 1. The molecular formula is C20H22N2O3. The average Bonchev–Trinajstić information content (AvgIpc) is 3.18. The molecule has 5 heteroatoms. The monoisotopic (exact) mass is 338 g/mol. The number of rotatable bonds is 5. The van der Waals surface area contributed by atoms with Crippen molar-refractivity contribution in [1.29, 1.82) is 0 Å². The van der Waals surface area contributed by atoms with Crippen LogP contribution in [0.2, 0.25) is 0 Å². The number of aromatic nitrogens is 1. The van der Waals surface area contributed by atoms with Crippen molar-refractivity contribution in [2.24, 2.45) is 17.3 Å². The predicted molar refractivity (Wildman–Crippen MR) is 94.6 cm³/mol. The molecule has 1 aromatic carbocycles. The molecule has 1 aliphatic rings. The molecule has 1 fully saturated rings. The number of amides is 1. The number of hydrogen-bond acceptors (Lipinski definition) is 3. The van der Waals surface area contributed by atoms with Crippen LogP contribution in [0, 0.1) is 17.3 Å². The first-order valence-electron chi connectivity index (χ1n) is 8.36. The van der Waals surface area contributed by atoms with Crippen LogP contribution in [-0.2, 0) is 9.59 Å². The van der Waals surface area contributed by atoms with E-state index in [1.165, 1.54) is 0 Å². The molecule has 0 spiro atoms. The molecule has 1 saturated carbocycles. The van der Waals surface area contributed by atoms with Crippen LogP contribution in [0.5, 0.6) is 0 Å². The third kappa shape index (κ3) is 3.27. The van der Waals surface area contributed by atoms with Gasteiger partial charge in [0.25, 0.3) is 0 Å². The largest absolute Gasteiger partial charge is 0.481 e. The van der Waals surface area contributed by atoms with E-state index in [-0.39, 0.29) is 11.9 Å². The first-order valence-corrected chi connectivity index (χ1v) is 8.36. The van der Waals surface area contributed by atoms with Gasteiger partial charge in [-0.15, -0.1) is 0 Å². The lowest BCUT2D eigenvalue weighted by molar-refractivity contribution is -0.140. The lowest BCUT2D eigenvalue weighted by atomic mass is 10.0. The topological polar surface area (TPSA) is 79.3 Å². The van der Waals surface area contributed by atoms with Gasteiger partial charge in [0.1, 0.15) is 0 Å². The minimum Gasteiger partial charge on any atom is -0.481 e. The van der Waals surface area contributed by atoms with Gasteiger partial charge in [-0.25, -0.2) is 0 Å². The summed E-state index contributed by atoms with van der Waals surface area (Å²) in [6, 6.07) is 11.6. The Morgan fingerprint density at radius 1 is 1.12 bits per heavy atom. The van der Waals surface area contributed by atoms with E-state index in [1.807, 2.05) is 57.2 Å². The van der Waals surface area contributed by atoms with Crippen molar-refractivity contribution in [2.45, 2.75) is 26.8 Å². The van der Waals surface area contributed by atoms with Crippen LogP contribution in [0.1, 0.15) is 32.4 Å². The lowest BCUT2D eigenvalue weighted by Crippen LogP contribution is -2.30. The third-order valence-corrected chi connectivity index (χ3v) is 5.14. The highest BCUT2D eigenvalue weighted by molar-refractivity contribution is 5.91. The SMILES string of the molecule is CC(NC(=O)[C@@H]1[C@H](C(=O)O)C1(C)C)c1ccc(-c2cccnc2)cc1. The smallest absolute Gasteiger partial charge is 0.307 e. The van der Waals surface area contributed by atoms with Crippen LogP contribution in [0.4, 0.5) is 0 Å². The number of carbonyl (C=O) groups is 2. The standard InChI is InChI=1S/C20H22N2O3/c1-12(22-18(23)16-17(19(24)25)20(16,2)3)13-6-8-14(9-7-13)15-5-4-10-21-11-15/h4-12,16-17H,1-3H3,(H,22,23)(H,24,25)/t12?,16-,17+/m0/s1. The van der Waals surface area contributed by atoms with Gasteiger partial charge in [-0.3, -0.25) is 14.6 Å². The summed E-state index contributed by atoms with van der Waals surface area (Å²) < 4.78 is 0. The molecule has 0 radical (unpaired) electrons. The van der Waals surface area contributed by atoms with E-state index in [1.54, 1.807) is 12.4 Å². The second-order valence-corrected chi connectivity index (χ2v) is 7.21. The zero-order valence-electron chi connectivity index (χ0n) is 14.6. The van der Waals surface area contributed by atoms with Gasteiger partial charge in [0.05, 0.1) is 17.9 Å². The fourth-order valence-electron chi connectivity index (χ4n) is 3.47. The molecule has 1 amide bonds. The average molecular weight is 338 g/mol. The van der Waals surface area contributed by atoms with Crippen molar-refractivity contribution in [2.75, 3.05) is 0 Å². The zero-order chi connectivity index (χ0) is 18.2. The number of benzene rings is 1. The maximum absolute atomic E-state index is 12.4. The minimum absolute atomic E-state index is 0.179. The summed E-state index contributed by atoms with van der Waals surface area (Å²) in [4.78, 5) is 27.8. The van der Waals surface area contributed by atoms with Crippen molar-refractivity contribution in [3.63, 3.8) is 0 Å². The number of hydrogen-bond donors (Lipinski definition) is 2. The van der Waals surface area contributed by atoms with Crippen molar-refractivity contribution >= 4 is 11.9 Å². The summed E-state index contributed by atoms with van der Waals surface area (Å²) in [6.45, 7) is 5.55. The van der Waals surface area contributed by atoms with Crippen LogP contribution in [-0.4, -0.2) is 22.0 Å². The van der Waals surface area contributed by atoms with Gasteiger partial charge in [0.2, 0.25) is 5.91 Å². The summed E-state index contributed by atoms with van der Waals surface area (Å²) in [5.74, 6) is -2.17. The second kappa shape index (κ2) is 6.31.